The van der Waals surface area contributed by atoms with Gasteiger partial charge in [-0.2, -0.15) is 0 Å². The van der Waals surface area contributed by atoms with Gasteiger partial charge >= 0.3 is 35.5 Å². The molecule has 8 nitrogen and oxygen atoms in total. The number of nitrogens with one attached hydrogen (secondary N) is 1. The summed E-state index contributed by atoms with van der Waals surface area (Å²) >= 11 is 0. The second-order valence-electron chi connectivity index (χ2n) is 8.60. The monoisotopic (exact) mass is 509 g/mol. The Balaban J connectivity index is 0.00000380. The number of carbonyl (C=O) groups is 2. The standard InChI is InChI=1S/C28H29N3O5.Na/c1-31(14-6-12-26(32)33)20-16-19(17-21(18-20)36-15-7-13-27(34)35)29-28-22-8-2-4-10-24(22)30-25-11-5-3-9-23(25)28;/h2-5,8-11,16-18H,6-7,12-15H2,1H3,(H,29,30)(H,32,33)(H,34,35);/q;+1/p-1. The van der Waals surface area contributed by atoms with Crippen LogP contribution in [0.5, 0.6) is 5.75 Å². The number of benzene rings is 3. The molecule has 3 aromatic carbocycles. The van der Waals surface area contributed by atoms with Gasteiger partial charge in [0.2, 0.25) is 0 Å². The second-order valence-corrected chi connectivity index (χ2v) is 8.60. The SMILES string of the molecule is CN(CCCC(=O)[O-])c1cc(Nc2c3ccccc3nc3ccccc23)cc(OCCCC(=O)O)c1.[Na+]. The number of carbonyl (C=O) groups excluding carboxylic acids is 1. The van der Waals surface area contributed by atoms with Crippen molar-refractivity contribution in [3.8, 4) is 5.75 Å². The summed E-state index contributed by atoms with van der Waals surface area (Å²) in [4.78, 5) is 28.4. The summed E-state index contributed by atoms with van der Waals surface area (Å²) in [6.07, 6.45) is 0.854. The van der Waals surface area contributed by atoms with Crippen LogP contribution >= 0.6 is 0 Å². The molecule has 1 aromatic heterocycles. The van der Waals surface area contributed by atoms with Gasteiger partial charge in [0.15, 0.2) is 0 Å². The molecule has 0 fully saturated rings. The van der Waals surface area contributed by atoms with Crippen molar-refractivity contribution in [2.75, 3.05) is 30.4 Å². The van der Waals surface area contributed by atoms with E-state index in [1.54, 1.807) is 0 Å². The average molecular weight is 510 g/mol. The zero-order valence-electron chi connectivity index (χ0n) is 21.1. The molecule has 9 heteroatoms. The third-order valence-electron chi connectivity index (χ3n) is 5.87. The number of aromatic nitrogens is 1. The first kappa shape index (κ1) is 28.2. The average Bonchev–Trinajstić information content (AvgIpc) is 2.86. The topological polar surface area (TPSA) is 115 Å². The van der Waals surface area contributed by atoms with Crippen molar-refractivity contribution < 1.29 is 54.1 Å². The molecule has 0 spiro atoms. The van der Waals surface area contributed by atoms with Gasteiger partial charge in [-0.15, -0.1) is 0 Å². The Morgan fingerprint density at radius 2 is 1.62 bits per heavy atom. The number of carboxylic acids is 2. The summed E-state index contributed by atoms with van der Waals surface area (Å²) in [6, 6.07) is 21.6. The maximum absolute atomic E-state index is 10.9. The van der Waals surface area contributed by atoms with Crippen molar-refractivity contribution in [1.29, 1.82) is 0 Å². The molecule has 2 N–H and O–H groups in total. The van der Waals surface area contributed by atoms with Gasteiger partial charge in [-0.25, -0.2) is 4.98 Å². The Kier molecular flexibility index (Phi) is 10.1. The van der Waals surface area contributed by atoms with E-state index < -0.39 is 11.9 Å². The summed E-state index contributed by atoms with van der Waals surface area (Å²) in [7, 11) is 1.89. The second kappa shape index (κ2) is 13.3. The third-order valence-corrected chi connectivity index (χ3v) is 5.87. The van der Waals surface area contributed by atoms with Crippen molar-refractivity contribution in [2.24, 2.45) is 0 Å². The van der Waals surface area contributed by atoms with Crippen LogP contribution < -0.4 is 49.6 Å². The van der Waals surface area contributed by atoms with E-state index in [4.69, 9.17) is 14.8 Å². The molecule has 0 unspecified atom stereocenters. The molecule has 1 heterocycles. The smallest absolute Gasteiger partial charge is 0.550 e. The summed E-state index contributed by atoms with van der Waals surface area (Å²) in [5.74, 6) is -1.34. The van der Waals surface area contributed by atoms with Crippen LogP contribution in [-0.2, 0) is 9.59 Å². The molecule has 0 atom stereocenters. The number of hydrogen-bond donors (Lipinski definition) is 2. The Labute approximate surface area is 237 Å². The van der Waals surface area contributed by atoms with Gasteiger partial charge in [0.25, 0.3) is 0 Å². The van der Waals surface area contributed by atoms with E-state index in [0.717, 1.165) is 38.9 Å². The minimum atomic E-state index is -1.07. The van der Waals surface area contributed by atoms with Crippen molar-refractivity contribution >= 4 is 50.8 Å². The molecule has 0 saturated heterocycles. The van der Waals surface area contributed by atoms with Gasteiger partial charge in [-0.05, 0) is 37.5 Å². The molecular weight excluding hydrogens is 481 g/mol. The van der Waals surface area contributed by atoms with E-state index in [1.165, 1.54) is 0 Å². The number of fused-ring (bicyclic) bond motifs is 2. The van der Waals surface area contributed by atoms with Gasteiger partial charge in [0.1, 0.15) is 5.75 Å². The van der Waals surface area contributed by atoms with Crippen molar-refractivity contribution in [3.05, 3.63) is 66.7 Å². The predicted octanol–water partition coefficient (Wildman–Crippen LogP) is 1.35. The molecule has 0 saturated carbocycles. The summed E-state index contributed by atoms with van der Waals surface area (Å²) in [5.41, 5.74) is 4.30. The molecule has 4 rings (SSSR count). The first-order chi connectivity index (χ1) is 17.4. The largest absolute Gasteiger partial charge is 1.00 e. The minimum absolute atomic E-state index is 0. The van der Waals surface area contributed by atoms with Crippen molar-refractivity contribution in [1.82, 2.24) is 4.98 Å². The summed E-state index contributed by atoms with van der Waals surface area (Å²) < 4.78 is 5.90. The molecule has 4 aromatic rings. The third kappa shape index (κ3) is 7.58. The van der Waals surface area contributed by atoms with Crippen molar-refractivity contribution in [2.45, 2.75) is 25.7 Å². The maximum Gasteiger partial charge on any atom is 1.00 e. The fourth-order valence-corrected chi connectivity index (χ4v) is 4.08. The molecule has 0 bridgehead atoms. The van der Waals surface area contributed by atoms with Gasteiger partial charge in [0.05, 0.1) is 23.3 Å². The molecule has 186 valence electrons. The van der Waals surface area contributed by atoms with Crippen LogP contribution in [0, 0.1) is 0 Å². The number of ether oxygens (including phenoxy) is 1. The van der Waals surface area contributed by atoms with E-state index in [9.17, 15) is 14.7 Å². The maximum atomic E-state index is 10.9. The van der Waals surface area contributed by atoms with Crippen LogP contribution in [-0.4, -0.2) is 42.2 Å². The zero-order chi connectivity index (χ0) is 25.5. The fourth-order valence-electron chi connectivity index (χ4n) is 4.08. The number of hydrogen-bond acceptors (Lipinski definition) is 7. The van der Waals surface area contributed by atoms with Crippen LogP contribution in [0.15, 0.2) is 66.7 Å². The fraction of sp³-hybridized carbons (Fsp3) is 0.250. The van der Waals surface area contributed by atoms with E-state index in [-0.39, 0.29) is 49.0 Å². The van der Waals surface area contributed by atoms with Crippen LogP contribution in [0.4, 0.5) is 17.1 Å². The van der Waals surface area contributed by atoms with Crippen LogP contribution in [0.3, 0.4) is 0 Å². The van der Waals surface area contributed by atoms with Crippen molar-refractivity contribution in [3.63, 3.8) is 0 Å². The van der Waals surface area contributed by atoms with E-state index in [2.05, 4.69) is 5.32 Å². The van der Waals surface area contributed by atoms with E-state index in [1.807, 2.05) is 78.7 Å². The normalized spacial score (nSPS) is 10.6. The quantitative estimate of drug-likeness (QED) is 0.167. The van der Waals surface area contributed by atoms with Gasteiger partial charge in [-0.3, -0.25) is 4.79 Å². The Hall–Kier alpha value is -3.33. The van der Waals surface area contributed by atoms with Crippen LogP contribution in [0.2, 0.25) is 0 Å². The molecule has 0 aliphatic rings. The molecule has 0 radical (unpaired) electrons. The van der Waals surface area contributed by atoms with Crippen LogP contribution in [0.1, 0.15) is 25.7 Å². The van der Waals surface area contributed by atoms with Gasteiger partial charge in [0, 0.05) is 60.3 Å². The number of carboxylic acid groups (broad SMARTS) is 2. The zero-order valence-corrected chi connectivity index (χ0v) is 23.1. The van der Waals surface area contributed by atoms with Crippen LogP contribution in [0.25, 0.3) is 21.8 Å². The molecule has 0 aliphatic carbocycles. The minimum Gasteiger partial charge on any atom is -0.550 e. The molecule has 37 heavy (non-hydrogen) atoms. The molecular formula is C28H28N3NaO5. The number of rotatable bonds is 12. The Morgan fingerprint density at radius 1 is 0.973 bits per heavy atom. The number of anilines is 3. The molecule has 0 aliphatic heterocycles. The number of aliphatic carboxylic acids is 2. The Morgan fingerprint density at radius 3 is 2.24 bits per heavy atom. The predicted molar refractivity (Wildman–Crippen MR) is 139 cm³/mol. The van der Waals surface area contributed by atoms with Gasteiger partial charge < -0.3 is 30.0 Å². The number of para-hydroxylation sites is 2. The summed E-state index contributed by atoms with van der Waals surface area (Å²) in [6.45, 7) is 0.793. The summed E-state index contributed by atoms with van der Waals surface area (Å²) in [5, 5.41) is 25.3. The van der Waals surface area contributed by atoms with E-state index >= 15 is 0 Å². The Bertz CT molecular complexity index is 1340. The van der Waals surface area contributed by atoms with Gasteiger partial charge in [-0.1, -0.05) is 36.4 Å². The first-order valence-electron chi connectivity index (χ1n) is 11.9. The number of pyridine rings is 1. The van der Waals surface area contributed by atoms with E-state index in [0.29, 0.717) is 25.1 Å². The first-order valence-corrected chi connectivity index (χ1v) is 11.9. The molecule has 0 amide bonds. The number of nitrogens with zero attached hydrogens (tertiary/aromatic N) is 2.